The SMILES string of the molecule is OC12CCC3CC(C1)C(Nc1ccccc1)C32. The van der Waals surface area contributed by atoms with E-state index in [0.717, 1.165) is 18.8 Å². The Bertz CT molecular complexity index is 432. The van der Waals surface area contributed by atoms with Crippen LogP contribution >= 0.6 is 0 Å². The molecule has 2 nitrogen and oxygen atoms in total. The summed E-state index contributed by atoms with van der Waals surface area (Å²) in [7, 11) is 0. The van der Waals surface area contributed by atoms with Crippen LogP contribution in [0.3, 0.4) is 0 Å². The van der Waals surface area contributed by atoms with Gasteiger partial charge in [0.05, 0.1) is 5.60 Å². The van der Waals surface area contributed by atoms with Crippen LogP contribution in [-0.4, -0.2) is 16.7 Å². The summed E-state index contributed by atoms with van der Waals surface area (Å²) in [6.45, 7) is 0. The fourth-order valence-corrected chi connectivity index (χ4v) is 4.78. The van der Waals surface area contributed by atoms with Crippen molar-refractivity contribution in [1.82, 2.24) is 0 Å². The quantitative estimate of drug-likeness (QED) is 0.817. The summed E-state index contributed by atoms with van der Waals surface area (Å²) in [5.41, 5.74) is 0.874. The molecule has 5 atom stereocenters. The van der Waals surface area contributed by atoms with Crippen LogP contribution in [-0.2, 0) is 0 Å². The molecule has 1 aromatic carbocycles. The van der Waals surface area contributed by atoms with Gasteiger partial charge in [-0.2, -0.15) is 0 Å². The summed E-state index contributed by atoms with van der Waals surface area (Å²) >= 11 is 0. The first-order valence-corrected chi connectivity index (χ1v) is 6.80. The van der Waals surface area contributed by atoms with Crippen LogP contribution in [0.2, 0.25) is 0 Å². The third kappa shape index (κ3) is 1.30. The van der Waals surface area contributed by atoms with Crippen molar-refractivity contribution in [2.75, 3.05) is 5.32 Å². The van der Waals surface area contributed by atoms with Gasteiger partial charge < -0.3 is 10.4 Å². The predicted molar refractivity (Wildman–Crippen MR) is 67.7 cm³/mol. The van der Waals surface area contributed by atoms with E-state index in [1.165, 1.54) is 18.5 Å². The first kappa shape index (κ1) is 9.95. The summed E-state index contributed by atoms with van der Waals surface area (Å²) in [6.07, 6.45) is 4.63. The molecule has 2 heteroatoms. The van der Waals surface area contributed by atoms with Gasteiger partial charge in [-0.05, 0) is 49.7 Å². The van der Waals surface area contributed by atoms with Gasteiger partial charge in [0.2, 0.25) is 0 Å². The Morgan fingerprint density at radius 1 is 1.18 bits per heavy atom. The van der Waals surface area contributed by atoms with Crippen molar-refractivity contribution < 1.29 is 5.11 Å². The molecule has 1 aromatic rings. The Hall–Kier alpha value is -1.02. The molecule has 0 aromatic heterocycles. The highest BCUT2D eigenvalue weighted by Crippen LogP contribution is 2.62. The lowest BCUT2D eigenvalue weighted by Crippen LogP contribution is -2.36. The van der Waals surface area contributed by atoms with Gasteiger partial charge in [-0.1, -0.05) is 18.2 Å². The van der Waals surface area contributed by atoms with E-state index >= 15 is 0 Å². The summed E-state index contributed by atoms with van der Waals surface area (Å²) in [5, 5.41) is 14.3. The molecular formula is C15H19NO. The summed E-state index contributed by atoms with van der Waals surface area (Å²) < 4.78 is 0. The topological polar surface area (TPSA) is 32.3 Å². The lowest BCUT2D eigenvalue weighted by Gasteiger charge is -2.28. The van der Waals surface area contributed by atoms with E-state index in [0.29, 0.717) is 17.9 Å². The third-order valence-electron chi connectivity index (χ3n) is 5.30. The molecule has 4 rings (SSSR count). The van der Waals surface area contributed by atoms with Gasteiger partial charge in [-0.25, -0.2) is 0 Å². The van der Waals surface area contributed by atoms with Crippen LogP contribution in [0.5, 0.6) is 0 Å². The van der Waals surface area contributed by atoms with Crippen LogP contribution in [0.25, 0.3) is 0 Å². The molecule has 0 aliphatic heterocycles. The number of hydrogen-bond donors (Lipinski definition) is 2. The second-order valence-corrected chi connectivity index (χ2v) is 6.16. The van der Waals surface area contributed by atoms with Crippen molar-refractivity contribution in [2.45, 2.75) is 37.3 Å². The number of anilines is 1. The van der Waals surface area contributed by atoms with E-state index in [-0.39, 0.29) is 5.60 Å². The van der Waals surface area contributed by atoms with Gasteiger partial charge in [-0.15, -0.1) is 0 Å². The van der Waals surface area contributed by atoms with Crippen molar-refractivity contribution in [1.29, 1.82) is 0 Å². The number of fused-ring (bicyclic) bond motifs is 1. The molecule has 3 aliphatic carbocycles. The molecule has 3 saturated carbocycles. The predicted octanol–water partition coefficient (Wildman–Crippen LogP) is 2.65. The Balaban J connectivity index is 1.61. The molecule has 0 heterocycles. The Morgan fingerprint density at radius 3 is 2.76 bits per heavy atom. The Morgan fingerprint density at radius 2 is 2.00 bits per heavy atom. The number of nitrogens with one attached hydrogen (secondary N) is 1. The second-order valence-electron chi connectivity index (χ2n) is 6.16. The maximum Gasteiger partial charge on any atom is 0.0701 e. The minimum atomic E-state index is -0.333. The molecule has 90 valence electrons. The minimum absolute atomic E-state index is 0.333. The third-order valence-corrected chi connectivity index (χ3v) is 5.30. The number of aliphatic hydroxyl groups is 1. The molecule has 17 heavy (non-hydrogen) atoms. The molecule has 0 radical (unpaired) electrons. The van der Waals surface area contributed by atoms with Crippen LogP contribution in [0.4, 0.5) is 5.69 Å². The first-order chi connectivity index (χ1) is 8.26. The summed E-state index contributed by atoms with van der Waals surface area (Å²) in [5.74, 6) is 1.98. The normalized spacial score (nSPS) is 46.4. The van der Waals surface area contributed by atoms with E-state index in [1.54, 1.807) is 0 Å². The molecule has 0 saturated heterocycles. The fourth-order valence-electron chi connectivity index (χ4n) is 4.78. The number of benzene rings is 1. The fraction of sp³-hybridized carbons (Fsp3) is 0.600. The minimum Gasteiger partial charge on any atom is -0.389 e. The molecule has 0 amide bonds. The van der Waals surface area contributed by atoms with Gasteiger partial charge in [-0.3, -0.25) is 0 Å². The monoisotopic (exact) mass is 229 g/mol. The van der Waals surface area contributed by atoms with E-state index in [1.807, 2.05) is 6.07 Å². The lowest BCUT2D eigenvalue weighted by atomic mass is 9.85. The molecular weight excluding hydrogens is 210 g/mol. The Kier molecular flexibility index (Phi) is 1.91. The van der Waals surface area contributed by atoms with E-state index in [4.69, 9.17) is 0 Å². The lowest BCUT2D eigenvalue weighted by molar-refractivity contribution is 0.00153. The van der Waals surface area contributed by atoms with Crippen LogP contribution < -0.4 is 5.32 Å². The van der Waals surface area contributed by atoms with Crippen LogP contribution in [0.15, 0.2) is 30.3 Å². The standard InChI is InChI=1S/C15H19NO/c17-15-7-6-10-8-11(9-15)14(13(10)15)16-12-4-2-1-3-5-12/h1-5,10-11,13-14,16-17H,6-9H2. The van der Waals surface area contributed by atoms with Crippen molar-refractivity contribution in [2.24, 2.45) is 17.8 Å². The zero-order valence-corrected chi connectivity index (χ0v) is 9.97. The van der Waals surface area contributed by atoms with Gasteiger partial charge in [0.1, 0.15) is 0 Å². The number of para-hydroxylation sites is 1. The zero-order valence-electron chi connectivity index (χ0n) is 9.97. The van der Waals surface area contributed by atoms with Gasteiger partial charge in [0.15, 0.2) is 0 Å². The van der Waals surface area contributed by atoms with Crippen LogP contribution in [0.1, 0.15) is 25.7 Å². The first-order valence-electron chi connectivity index (χ1n) is 6.80. The smallest absolute Gasteiger partial charge is 0.0701 e. The second kappa shape index (κ2) is 3.26. The van der Waals surface area contributed by atoms with Crippen molar-refractivity contribution in [3.63, 3.8) is 0 Å². The highest BCUT2D eigenvalue weighted by molar-refractivity contribution is 5.45. The number of hydrogen-bond acceptors (Lipinski definition) is 2. The molecule has 2 bridgehead atoms. The van der Waals surface area contributed by atoms with E-state index < -0.39 is 0 Å². The van der Waals surface area contributed by atoms with Crippen molar-refractivity contribution in [3.05, 3.63) is 30.3 Å². The van der Waals surface area contributed by atoms with Gasteiger partial charge >= 0.3 is 0 Å². The average Bonchev–Trinajstić information content (AvgIpc) is 2.85. The van der Waals surface area contributed by atoms with Gasteiger partial charge in [0.25, 0.3) is 0 Å². The maximum atomic E-state index is 10.6. The Labute approximate surface area is 102 Å². The molecule has 3 fully saturated rings. The number of rotatable bonds is 2. The molecule has 3 aliphatic rings. The van der Waals surface area contributed by atoms with Crippen molar-refractivity contribution >= 4 is 5.69 Å². The molecule has 2 N–H and O–H groups in total. The van der Waals surface area contributed by atoms with E-state index in [2.05, 4.69) is 29.6 Å². The summed E-state index contributed by atoms with van der Waals surface area (Å²) in [4.78, 5) is 0. The summed E-state index contributed by atoms with van der Waals surface area (Å²) in [6, 6.07) is 11.0. The zero-order chi connectivity index (χ0) is 11.5. The largest absolute Gasteiger partial charge is 0.389 e. The molecule has 0 spiro atoms. The average molecular weight is 229 g/mol. The van der Waals surface area contributed by atoms with Crippen LogP contribution in [0, 0.1) is 17.8 Å². The highest BCUT2D eigenvalue weighted by atomic mass is 16.3. The van der Waals surface area contributed by atoms with Gasteiger partial charge in [0, 0.05) is 17.6 Å². The van der Waals surface area contributed by atoms with Crippen molar-refractivity contribution in [3.8, 4) is 0 Å². The molecule has 5 unspecified atom stereocenters. The van der Waals surface area contributed by atoms with E-state index in [9.17, 15) is 5.11 Å². The maximum absolute atomic E-state index is 10.6. The highest BCUT2D eigenvalue weighted by Gasteiger charge is 2.63.